The number of benzene rings is 2. The Bertz CT molecular complexity index is 753. The van der Waals surface area contributed by atoms with Crippen molar-refractivity contribution in [3.8, 4) is 0 Å². The Balaban J connectivity index is 1.98. The van der Waals surface area contributed by atoms with Gasteiger partial charge in [0, 0.05) is 17.1 Å². The molecule has 6 nitrogen and oxygen atoms in total. The number of hydrogen-bond donors (Lipinski definition) is 4. The molecule has 0 aliphatic carbocycles. The Kier molecular flexibility index (Phi) is 7.35. The first-order valence-electron chi connectivity index (χ1n) is 8.37. The van der Waals surface area contributed by atoms with Crippen molar-refractivity contribution in [2.45, 2.75) is 32.1 Å². The molecule has 0 bridgehead atoms. The normalized spacial score (nSPS) is 11.3. The van der Waals surface area contributed by atoms with Crippen LogP contribution >= 0.6 is 12.6 Å². The molecule has 0 saturated heterocycles. The number of nitrogens with one attached hydrogen (secondary N) is 3. The van der Waals surface area contributed by atoms with Crippen LogP contribution in [0.1, 0.15) is 25.3 Å². The van der Waals surface area contributed by atoms with Gasteiger partial charge in [0.05, 0.1) is 0 Å². The Hall–Kier alpha value is -2.67. The van der Waals surface area contributed by atoms with Crippen molar-refractivity contribution in [3.63, 3.8) is 0 Å². The number of hydrogen-bond acceptors (Lipinski definition) is 4. The van der Waals surface area contributed by atoms with Crippen molar-refractivity contribution in [1.82, 2.24) is 0 Å². The van der Waals surface area contributed by atoms with Crippen LogP contribution in [-0.4, -0.2) is 17.6 Å². The van der Waals surface area contributed by atoms with Crippen LogP contribution in [0.25, 0.3) is 0 Å². The Morgan fingerprint density at radius 1 is 1.04 bits per heavy atom. The van der Waals surface area contributed by atoms with Crippen LogP contribution in [0, 0.1) is 6.92 Å². The molecular formula is C19H23N3O3S. The summed E-state index contributed by atoms with van der Waals surface area (Å²) in [4.78, 5) is 24.0. The number of carbonyl (C=O) groups is 2. The summed E-state index contributed by atoms with van der Waals surface area (Å²) in [5.41, 5.74) is 2.22. The molecule has 2 aromatic rings. The molecule has 0 saturated carbocycles. The summed E-state index contributed by atoms with van der Waals surface area (Å²) >= 11 is 4.20. The molecule has 3 N–H and O–H groups in total. The summed E-state index contributed by atoms with van der Waals surface area (Å²) in [6.07, 6.45) is 0.968. The smallest absolute Gasteiger partial charge is 0.412 e. The van der Waals surface area contributed by atoms with Crippen LogP contribution in [0.2, 0.25) is 0 Å². The molecule has 0 aliphatic rings. The van der Waals surface area contributed by atoms with Gasteiger partial charge in [-0.1, -0.05) is 37.6 Å². The van der Waals surface area contributed by atoms with Crippen LogP contribution in [0.15, 0.2) is 48.5 Å². The van der Waals surface area contributed by atoms with Gasteiger partial charge in [-0.2, -0.15) is 0 Å². The summed E-state index contributed by atoms with van der Waals surface area (Å²) in [7, 11) is 0. The summed E-state index contributed by atoms with van der Waals surface area (Å²) < 4.78 is 5.14. The van der Waals surface area contributed by atoms with Crippen molar-refractivity contribution < 1.29 is 14.3 Å². The molecule has 0 spiro atoms. The molecule has 3 amide bonds. The van der Waals surface area contributed by atoms with E-state index in [1.54, 1.807) is 30.3 Å². The van der Waals surface area contributed by atoms with Gasteiger partial charge in [0.1, 0.15) is 5.44 Å². The van der Waals surface area contributed by atoms with Crippen LogP contribution in [0.3, 0.4) is 0 Å². The van der Waals surface area contributed by atoms with Crippen LogP contribution < -0.4 is 16.0 Å². The van der Waals surface area contributed by atoms with Crippen LogP contribution in [-0.2, 0) is 4.74 Å². The van der Waals surface area contributed by atoms with Crippen molar-refractivity contribution >= 4 is 41.8 Å². The maximum absolute atomic E-state index is 12.1. The van der Waals surface area contributed by atoms with Gasteiger partial charge in [-0.3, -0.25) is 5.32 Å². The highest BCUT2D eigenvalue weighted by Crippen LogP contribution is 2.21. The molecule has 0 fully saturated rings. The standard InChI is InChI=1S/C19H23N3O3S/c1-3-7-17(26)25-19(24)21-15-11-10-13(2)16(12-15)22-18(23)20-14-8-5-4-6-9-14/h4-6,8-12,17,26H,3,7H2,1-2H3,(H,21,24)(H2,20,22,23). The Morgan fingerprint density at radius 2 is 1.77 bits per heavy atom. The largest absolute Gasteiger partial charge is 0.435 e. The minimum atomic E-state index is -0.581. The fourth-order valence-corrected chi connectivity index (χ4v) is 2.57. The SMILES string of the molecule is CCCC(S)OC(=O)Nc1ccc(C)c(NC(=O)Nc2ccccc2)c1. The minimum absolute atomic E-state index is 0.364. The highest BCUT2D eigenvalue weighted by Gasteiger charge is 2.11. The van der Waals surface area contributed by atoms with Crippen molar-refractivity contribution in [3.05, 3.63) is 54.1 Å². The first-order valence-corrected chi connectivity index (χ1v) is 8.89. The highest BCUT2D eigenvalue weighted by molar-refractivity contribution is 7.80. The number of ether oxygens (including phenoxy) is 1. The lowest BCUT2D eigenvalue weighted by atomic mass is 10.2. The van der Waals surface area contributed by atoms with E-state index in [2.05, 4.69) is 28.6 Å². The second-order valence-corrected chi connectivity index (χ2v) is 6.32. The number of rotatable bonds is 6. The maximum atomic E-state index is 12.1. The molecular weight excluding hydrogens is 350 g/mol. The number of thiol groups is 1. The van der Waals surface area contributed by atoms with E-state index in [1.165, 1.54) is 0 Å². The summed E-state index contributed by atoms with van der Waals surface area (Å²) in [6.45, 7) is 3.86. The maximum Gasteiger partial charge on any atom is 0.412 e. The molecule has 1 atom stereocenters. The van der Waals surface area contributed by atoms with E-state index >= 15 is 0 Å². The molecule has 0 heterocycles. The molecule has 1 unspecified atom stereocenters. The fraction of sp³-hybridized carbons (Fsp3) is 0.263. The zero-order valence-electron chi connectivity index (χ0n) is 14.8. The van der Waals surface area contributed by atoms with E-state index < -0.39 is 11.5 Å². The van der Waals surface area contributed by atoms with Gasteiger partial charge < -0.3 is 15.4 Å². The van der Waals surface area contributed by atoms with E-state index in [9.17, 15) is 9.59 Å². The van der Waals surface area contributed by atoms with E-state index in [4.69, 9.17) is 4.74 Å². The quantitative estimate of drug-likeness (QED) is 0.413. The average Bonchev–Trinajstić information content (AvgIpc) is 2.58. The Labute approximate surface area is 158 Å². The first kappa shape index (κ1) is 19.7. The van der Waals surface area contributed by atoms with Crippen LogP contribution in [0.4, 0.5) is 26.7 Å². The lowest BCUT2D eigenvalue weighted by Gasteiger charge is -2.14. The van der Waals surface area contributed by atoms with Crippen molar-refractivity contribution in [2.75, 3.05) is 16.0 Å². The topological polar surface area (TPSA) is 79.5 Å². The van der Waals surface area contributed by atoms with Gasteiger partial charge in [-0.15, -0.1) is 12.6 Å². The lowest BCUT2D eigenvalue weighted by molar-refractivity contribution is 0.147. The highest BCUT2D eigenvalue weighted by atomic mass is 32.1. The molecule has 2 aromatic carbocycles. The number of aryl methyl sites for hydroxylation is 1. The molecule has 26 heavy (non-hydrogen) atoms. The number of amides is 3. The van der Waals surface area contributed by atoms with E-state index in [1.807, 2.05) is 32.0 Å². The molecule has 2 rings (SSSR count). The number of urea groups is 1. The minimum Gasteiger partial charge on any atom is -0.435 e. The number of anilines is 3. The van der Waals surface area contributed by atoms with Gasteiger partial charge in [0.15, 0.2) is 0 Å². The van der Waals surface area contributed by atoms with Crippen LogP contribution in [0.5, 0.6) is 0 Å². The number of carbonyl (C=O) groups excluding carboxylic acids is 2. The second-order valence-electron chi connectivity index (χ2n) is 5.75. The van der Waals surface area contributed by atoms with Gasteiger partial charge in [-0.25, -0.2) is 9.59 Å². The van der Waals surface area contributed by atoms with Crippen molar-refractivity contribution in [2.24, 2.45) is 0 Å². The van der Waals surface area contributed by atoms with Gasteiger partial charge in [0.2, 0.25) is 0 Å². The summed E-state index contributed by atoms with van der Waals surface area (Å²) in [5, 5.41) is 8.16. The molecule has 0 aliphatic heterocycles. The Morgan fingerprint density at radius 3 is 2.46 bits per heavy atom. The average molecular weight is 373 g/mol. The second kappa shape index (κ2) is 9.72. The molecule has 7 heteroatoms. The predicted molar refractivity (Wildman–Crippen MR) is 108 cm³/mol. The summed E-state index contributed by atoms with van der Waals surface area (Å²) in [6, 6.07) is 14.0. The third-order valence-corrected chi connectivity index (χ3v) is 3.91. The molecule has 0 aromatic heterocycles. The first-order chi connectivity index (χ1) is 12.5. The van der Waals surface area contributed by atoms with Gasteiger partial charge in [-0.05, 0) is 43.2 Å². The number of para-hydroxylation sites is 1. The third-order valence-electron chi connectivity index (χ3n) is 3.54. The van der Waals surface area contributed by atoms with Crippen molar-refractivity contribution in [1.29, 1.82) is 0 Å². The van der Waals surface area contributed by atoms with Gasteiger partial charge >= 0.3 is 12.1 Å². The fourth-order valence-electron chi connectivity index (χ4n) is 2.22. The van der Waals surface area contributed by atoms with Gasteiger partial charge in [0.25, 0.3) is 0 Å². The van der Waals surface area contributed by atoms with E-state index in [0.29, 0.717) is 23.5 Å². The third kappa shape index (κ3) is 6.33. The molecule has 138 valence electrons. The van der Waals surface area contributed by atoms with E-state index in [0.717, 1.165) is 12.0 Å². The lowest BCUT2D eigenvalue weighted by Crippen LogP contribution is -2.21. The van der Waals surface area contributed by atoms with E-state index in [-0.39, 0.29) is 6.03 Å². The zero-order valence-corrected chi connectivity index (χ0v) is 15.7. The molecule has 0 radical (unpaired) electrons. The predicted octanol–water partition coefficient (Wildman–Crippen LogP) is 5.24. The monoisotopic (exact) mass is 373 g/mol. The summed E-state index contributed by atoms with van der Waals surface area (Å²) in [5.74, 6) is 0. The zero-order chi connectivity index (χ0) is 18.9.